The van der Waals surface area contributed by atoms with Crippen LogP contribution in [-0.4, -0.2) is 25.2 Å². The number of amides is 1. The van der Waals surface area contributed by atoms with Gasteiger partial charge in [0, 0.05) is 17.2 Å². The number of nitrogens with two attached hydrogens (primary N) is 1. The monoisotopic (exact) mass is 324 g/mol. The molecular formula is C15H17ClN2O2S. The molecule has 2 aromatic rings. The van der Waals surface area contributed by atoms with E-state index in [1.54, 1.807) is 13.2 Å². The van der Waals surface area contributed by atoms with E-state index in [0.29, 0.717) is 15.6 Å². The number of hydrogen-bond donors (Lipinski definition) is 2. The molecule has 0 radical (unpaired) electrons. The third-order valence-corrected chi connectivity index (χ3v) is 5.46. The van der Waals surface area contributed by atoms with Crippen molar-refractivity contribution in [3.8, 4) is 0 Å². The number of thiophene rings is 1. The van der Waals surface area contributed by atoms with Crippen LogP contribution >= 0.6 is 22.9 Å². The van der Waals surface area contributed by atoms with Crippen molar-refractivity contribution in [1.29, 1.82) is 0 Å². The van der Waals surface area contributed by atoms with Crippen molar-refractivity contribution >= 4 is 44.6 Å². The van der Waals surface area contributed by atoms with E-state index in [0.717, 1.165) is 29.3 Å². The minimum atomic E-state index is -0.140. The Hall–Kier alpha value is -1.30. The lowest BCUT2D eigenvalue weighted by Crippen LogP contribution is -2.40. The van der Waals surface area contributed by atoms with E-state index >= 15 is 0 Å². The van der Waals surface area contributed by atoms with Crippen LogP contribution in [0.4, 0.5) is 5.69 Å². The summed E-state index contributed by atoms with van der Waals surface area (Å²) >= 11 is 7.55. The van der Waals surface area contributed by atoms with Crippen molar-refractivity contribution in [3.63, 3.8) is 0 Å². The molecule has 3 rings (SSSR count). The highest BCUT2D eigenvalue weighted by molar-refractivity contribution is 7.21. The van der Waals surface area contributed by atoms with Crippen LogP contribution in [0.25, 0.3) is 10.1 Å². The molecule has 21 heavy (non-hydrogen) atoms. The summed E-state index contributed by atoms with van der Waals surface area (Å²) in [6.45, 7) is 0. The van der Waals surface area contributed by atoms with Crippen molar-refractivity contribution in [2.24, 2.45) is 0 Å². The number of fused-ring (bicyclic) bond motifs is 1. The van der Waals surface area contributed by atoms with Crippen molar-refractivity contribution < 1.29 is 9.53 Å². The Morgan fingerprint density at radius 2 is 2.29 bits per heavy atom. The van der Waals surface area contributed by atoms with Crippen molar-refractivity contribution in [2.75, 3.05) is 12.8 Å². The van der Waals surface area contributed by atoms with Gasteiger partial charge in [0.05, 0.1) is 22.9 Å². The molecule has 0 aliphatic heterocycles. The van der Waals surface area contributed by atoms with Gasteiger partial charge in [-0.1, -0.05) is 17.7 Å². The van der Waals surface area contributed by atoms with Gasteiger partial charge < -0.3 is 15.8 Å². The minimum absolute atomic E-state index is 0.0579. The number of halogens is 1. The summed E-state index contributed by atoms with van der Waals surface area (Å²) in [4.78, 5) is 13.0. The number of methoxy groups -OCH3 is 1. The van der Waals surface area contributed by atoms with E-state index in [9.17, 15) is 4.79 Å². The summed E-state index contributed by atoms with van der Waals surface area (Å²) in [5.41, 5.74) is 6.58. The summed E-state index contributed by atoms with van der Waals surface area (Å²) in [6, 6.07) is 5.63. The zero-order valence-corrected chi connectivity index (χ0v) is 13.3. The lowest BCUT2D eigenvalue weighted by molar-refractivity contribution is 0.0725. The highest BCUT2D eigenvalue weighted by atomic mass is 35.5. The van der Waals surface area contributed by atoms with E-state index < -0.39 is 0 Å². The number of benzene rings is 1. The predicted octanol–water partition coefficient (Wildman–Crippen LogP) is 3.43. The number of rotatable bonds is 3. The van der Waals surface area contributed by atoms with Crippen LogP contribution in [0, 0.1) is 0 Å². The third-order valence-electron chi connectivity index (χ3n) is 3.98. The van der Waals surface area contributed by atoms with Crippen LogP contribution in [-0.2, 0) is 4.74 Å². The second-order valence-corrected chi connectivity index (χ2v) is 6.70. The van der Waals surface area contributed by atoms with E-state index in [4.69, 9.17) is 22.1 Å². The Morgan fingerprint density at radius 1 is 1.48 bits per heavy atom. The van der Waals surface area contributed by atoms with Gasteiger partial charge >= 0.3 is 0 Å². The van der Waals surface area contributed by atoms with Gasteiger partial charge in [-0.15, -0.1) is 11.3 Å². The quantitative estimate of drug-likeness (QED) is 0.909. The first-order chi connectivity index (χ1) is 10.1. The van der Waals surface area contributed by atoms with Gasteiger partial charge in [-0.2, -0.15) is 0 Å². The average Bonchev–Trinajstić information content (AvgIpc) is 3.04. The first-order valence-corrected chi connectivity index (χ1v) is 8.11. The maximum absolute atomic E-state index is 12.5. The lowest BCUT2D eigenvalue weighted by atomic mass is 10.2. The van der Waals surface area contributed by atoms with Gasteiger partial charge in [-0.25, -0.2) is 0 Å². The van der Waals surface area contributed by atoms with E-state index in [1.165, 1.54) is 11.3 Å². The molecular weight excluding hydrogens is 308 g/mol. The molecule has 0 saturated heterocycles. The van der Waals surface area contributed by atoms with E-state index in [2.05, 4.69) is 5.32 Å². The summed E-state index contributed by atoms with van der Waals surface area (Å²) in [5.74, 6) is -0.140. The highest BCUT2D eigenvalue weighted by Crippen LogP contribution is 2.38. The van der Waals surface area contributed by atoms with Gasteiger partial charge in [0.1, 0.15) is 4.88 Å². The molecule has 1 aromatic heterocycles. The summed E-state index contributed by atoms with van der Waals surface area (Å²) < 4.78 is 6.34. The molecule has 1 aliphatic rings. The topological polar surface area (TPSA) is 64.3 Å². The van der Waals surface area contributed by atoms with Crippen LogP contribution in [0.2, 0.25) is 5.02 Å². The number of carbonyl (C=O) groups is 1. The van der Waals surface area contributed by atoms with Crippen LogP contribution in [0.3, 0.4) is 0 Å². The standard InChI is InChI=1S/C15H17ClN2O2S/c1-20-10-6-3-5-9(10)18-15(19)14-13(17)12-8(16)4-2-7-11(12)21-14/h2,4,7,9-10H,3,5-6,17H2,1H3,(H,18,19). The molecule has 0 spiro atoms. The van der Waals surface area contributed by atoms with Crippen molar-refractivity contribution in [2.45, 2.75) is 31.4 Å². The number of anilines is 1. The summed E-state index contributed by atoms with van der Waals surface area (Å²) in [5, 5.41) is 4.39. The van der Waals surface area contributed by atoms with Crippen LogP contribution in [0.15, 0.2) is 18.2 Å². The lowest BCUT2D eigenvalue weighted by Gasteiger charge is -2.19. The maximum atomic E-state index is 12.5. The molecule has 1 aromatic carbocycles. The summed E-state index contributed by atoms with van der Waals surface area (Å²) in [7, 11) is 1.68. The third kappa shape index (κ3) is 2.61. The molecule has 1 aliphatic carbocycles. The Balaban J connectivity index is 1.88. The first kappa shape index (κ1) is 14.6. The van der Waals surface area contributed by atoms with Crippen LogP contribution in [0.5, 0.6) is 0 Å². The van der Waals surface area contributed by atoms with Crippen LogP contribution in [0.1, 0.15) is 28.9 Å². The molecule has 3 N–H and O–H groups in total. The van der Waals surface area contributed by atoms with Gasteiger partial charge in [0.2, 0.25) is 0 Å². The molecule has 1 fully saturated rings. The van der Waals surface area contributed by atoms with E-state index in [1.807, 2.05) is 12.1 Å². The zero-order valence-electron chi connectivity index (χ0n) is 11.7. The molecule has 1 amide bonds. The molecule has 6 heteroatoms. The number of hydrogen-bond acceptors (Lipinski definition) is 4. The minimum Gasteiger partial charge on any atom is -0.397 e. The largest absolute Gasteiger partial charge is 0.397 e. The normalized spacial score (nSPS) is 21.8. The van der Waals surface area contributed by atoms with Crippen LogP contribution < -0.4 is 11.1 Å². The Bertz CT molecular complexity index is 686. The molecule has 1 heterocycles. The molecule has 0 bridgehead atoms. The molecule has 112 valence electrons. The highest BCUT2D eigenvalue weighted by Gasteiger charge is 2.30. The fourth-order valence-electron chi connectivity index (χ4n) is 2.91. The Labute approximate surface area is 132 Å². The van der Waals surface area contributed by atoms with E-state index in [-0.39, 0.29) is 18.1 Å². The SMILES string of the molecule is COC1CCCC1NC(=O)c1sc2cccc(Cl)c2c1N. The zero-order chi connectivity index (χ0) is 15.0. The Morgan fingerprint density at radius 3 is 3.00 bits per heavy atom. The number of nitrogens with one attached hydrogen (secondary N) is 1. The Kier molecular flexibility index (Phi) is 4.06. The first-order valence-electron chi connectivity index (χ1n) is 6.92. The van der Waals surface area contributed by atoms with Crippen molar-refractivity contribution in [3.05, 3.63) is 28.1 Å². The second kappa shape index (κ2) is 5.83. The van der Waals surface area contributed by atoms with Crippen molar-refractivity contribution in [1.82, 2.24) is 5.32 Å². The smallest absolute Gasteiger partial charge is 0.263 e. The fourth-order valence-corrected chi connectivity index (χ4v) is 4.29. The molecule has 2 atom stereocenters. The number of nitrogen functional groups attached to an aromatic ring is 1. The fraction of sp³-hybridized carbons (Fsp3) is 0.400. The van der Waals surface area contributed by atoms with Gasteiger partial charge in [-0.05, 0) is 31.4 Å². The van der Waals surface area contributed by atoms with Gasteiger partial charge in [0.15, 0.2) is 0 Å². The number of carbonyl (C=O) groups excluding carboxylic acids is 1. The average molecular weight is 325 g/mol. The van der Waals surface area contributed by atoms with Gasteiger partial charge in [-0.3, -0.25) is 4.79 Å². The maximum Gasteiger partial charge on any atom is 0.263 e. The van der Waals surface area contributed by atoms with Gasteiger partial charge in [0.25, 0.3) is 5.91 Å². The second-order valence-electron chi connectivity index (χ2n) is 5.24. The predicted molar refractivity (Wildman–Crippen MR) is 87.1 cm³/mol. The molecule has 2 unspecified atom stereocenters. The number of ether oxygens (including phenoxy) is 1. The molecule has 1 saturated carbocycles. The molecule has 4 nitrogen and oxygen atoms in total. The summed E-state index contributed by atoms with van der Waals surface area (Å²) in [6.07, 6.45) is 3.08.